The highest BCUT2D eigenvalue weighted by Crippen LogP contribution is 2.31. The van der Waals surface area contributed by atoms with Gasteiger partial charge in [-0.15, -0.1) is 0 Å². The van der Waals surface area contributed by atoms with Crippen molar-refractivity contribution in [2.45, 2.75) is 13.5 Å². The number of nitrogens with one attached hydrogen (secondary N) is 2. The van der Waals surface area contributed by atoms with Gasteiger partial charge in [0, 0.05) is 10.9 Å². The first-order valence-corrected chi connectivity index (χ1v) is 8.34. The lowest BCUT2D eigenvalue weighted by Gasteiger charge is -2.13. The lowest BCUT2D eigenvalue weighted by Crippen LogP contribution is -2.09. The predicted molar refractivity (Wildman–Crippen MR) is 103 cm³/mol. The molecular formula is C20H16F2N4O. The van der Waals surface area contributed by atoms with Gasteiger partial charge in [-0.05, 0) is 30.5 Å². The van der Waals surface area contributed by atoms with Crippen molar-refractivity contribution in [3.63, 3.8) is 0 Å². The van der Waals surface area contributed by atoms with E-state index in [1.165, 1.54) is 0 Å². The Hall–Kier alpha value is -3.48. The maximum absolute atomic E-state index is 13.0. The van der Waals surface area contributed by atoms with Gasteiger partial charge in [0.15, 0.2) is 0 Å². The molecule has 0 amide bonds. The summed E-state index contributed by atoms with van der Waals surface area (Å²) in [6.07, 6.45) is 0. The Morgan fingerprint density at radius 3 is 2.67 bits per heavy atom. The van der Waals surface area contributed by atoms with Crippen LogP contribution in [0.4, 0.5) is 14.7 Å². The zero-order valence-electron chi connectivity index (χ0n) is 14.4. The number of para-hydroxylation sites is 2. The molecule has 0 saturated carbocycles. The van der Waals surface area contributed by atoms with Gasteiger partial charge in [-0.1, -0.05) is 42.5 Å². The van der Waals surface area contributed by atoms with E-state index in [9.17, 15) is 8.78 Å². The molecule has 0 radical (unpaired) electrons. The van der Waals surface area contributed by atoms with Crippen LogP contribution in [0.3, 0.4) is 0 Å². The van der Waals surface area contributed by atoms with Gasteiger partial charge < -0.3 is 9.72 Å². The van der Waals surface area contributed by atoms with Crippen LogP contribution in [0, 0.1) is 0 Å². The van der Waals surface area contributed by atoms with E-state index in [1.807, 2.05) is 42.5 Å². The predicted octanol–water partition coefficient (Wildman–Crippen LogP) is 5.15. The molecule has 4 aromatic rings. The Bertz CT molecular complexity index is 1100. The number of ether oxygens (including phenoxy) is 1. The highest BCUT2D eigenvalue weighted by atomic mass is 19.3. The van der Waals surface area contributed by atoms with Crippen molar-refractivity contribution < 1.29 is 13.5 Å². The number of halogens is 2. The van der Waals surface area contributed by atoms with Gasteiger partial charge in [0.2, 0.25) is 5.95 Å². The number of rotatable bonds is 5. The molecule has 4 rings (SSSR count). The van der Waals surface area contributed by atoms with Crippen LogP contribution in [0.2, 0.25) is 0 Å². The van der Waals surface area contributed by atoms with Crippen LogP contribution in [0.15, 0.2) is 65.8 Å². The lowest BCUT2D eigenvalue weighted by atomic mass is 10.0. The average Bonchev–Trinajstić information content (AvgIpc) is 3.09. The summed E-state index contributed by atoms with van der Waals surface area (Å²) in [6.45, 7) is -1.20. The second-order valence-electron chi connectivity index (χ2n) is 5.95. The normalized spacial score (nSPS) is 12.1. The van der Waals surface area contributed by atoms with Crippen LogP contribution < -0.4 is 10.2 Å². The molecule has 0 atom stereocenters. The number of imidazole rings is 1. The van der Waals surface area contributed by atoms with Crippen LogP contribution in [0.1, 0.15) is 12.5 Å². The molecule has 1 heterocycles. The zero-order chi connectivity index (χ0) is 18.8. The number of alkyl halides is 2. The molecule has 0 aliphatic heterocycles. The molecule has 1 aromatic heterocycles. The summed E-state index contributed by atoms with van der Waals surface area (Å²) in [4.78, 5) is 7.47. The van der Waals surface area contributed by atoms with Crippen molar-refractivity contribution in [1.82, 2.24) is 9.97 Å². The second-order valence-corrected chi connectivity index (χ2v) is 5.95. The lowest BCUT2D eigenvalue weighted by molar-refractivity contribution is -0.0489. The maximum atomic E-state index is 13.0. The Kier molecular flexibility index (Phi) is 4.42. The van der Waals surface area contributed by atoms with Gasteiger partial charge in [-0.25, -0.2) is 10.4 Å². The fraction of sp³-hybridized carbons (Fsp3) is 0.100. The van der Waals surface area contributed by atoms with E-state index in [1.54, 1.807) is 25.1 Å². The first-order chi connectivity index (χ1) is 13.1. The first-order valence-electron chi connectivity index (χ1n) is 8.34. The molecule has 5 nitrogen and oxygen atoms in total. The molecule has 0 unspecified atom stereocenters. The van der Waals surface area contributed by atoms with E-state index in [0.29, 0.717) is 22.6 Å². The van der Waals surface area contributed by atoms with E-state index < -0.39 is 6.61 Å². The summed E-state index contributed by atoms with van der Waals surface area (Å²) >= 11 is 0. The summed E-state index contributed by atoms with van der Waals surface area (Å²) in [7, 11) is 0. The molecule has 0 spiro atoms. The third kappa shape index (κ3) is 3.44. The van der Waals surface area contributed by atoms with E-state index in [4.69, 9.17) is 4.74 Å². The van der Waals surface area contributed by atoms with Crippen molar-refractivity contribution in [2.24, 2.45) is 5.10 Å². The van der Waals surface area contributed by atoms with Crippen LogP contribution in [-0.2, 0) is 0 Å². The van der Waals surface area contributed by atoms with E-state index >= 15 is 0 Å². The van der Waals surface area contributed by atoms with Gasteiger partial charge >= 0.3 is 6.61 Å². The average molecular weight is 366 g/mol. The molecule has 0 bridgehead atoms. The fourth-order valence-corrected chi connectivity index (χ4v) is 2.95. The molecule has 2 N–H and O–H groups in total. The minimum Gasteiger partial charge on any atom is -0.433 e. The molecular weight excluding hydrogens is 350 g/mol. The maximum Gasteiger partial charge on any atom is 0.387 e. The first kappa shape index (κ1) is 17.0. The number of benzene rings is 3. The van der Waals surface area contributed by atoms with Crippen molar-refractivity contribution in [3.05, 3.63) is 66.2 Å². The number of hydrogen-bond donors (Lipinski definition) is 2. The van der Waals surface area contributed by atoms with Crippen LogP contribution in [0.25, 0.3) is 21.8 Å². The van der Waals surface area contributed by atoms with Gasteiger partial charge in [0.25, 0.3) is 0 Å². The van der Waals surface area contributed by atoms with Gasteiger partial charge in [-0.3, -0.25) is 0 Å². The van der Waals surface area contributed by atoms with E-state index in [2.05, 4.69) is 20.5 Å². The summed E-state index contributed by atoms with van der Waals surface area (Å²) in [6, 6.07) is 18.4. The van der Waals surface area contributed by atoms with Gasteiger partial charge in [0.05, 0.1) is 16.7 Å². The van der Waals surface area contributed by atoms with Crippen molar-refractivity contribution in [3.8, 4) is 5.75 Å². The van der Waals surface area contributed by atoms with Crippen LogP contribution >= 0.6 is 0 Å². The number of aromatic amines is 1. The fourth-order valence-electron chi connectivity index (χ4n) is 2.95. The summed E-state index contributed by atoms with van der Waals surface area (Å²) in [5.74, 6) is 0.573. The number of anilines is 1. The minimum atomic E-state index is -2.93. The molecule has 0 fully saturated rings. The highest BCUT2D eigenvalue weighted by molar-refractivity contribution is 6.06. The van der Waals surface area contributed by atoms with Crippen LogP contribution in [0.5, 0.6) is 5.75 Å². The minimum absolute atomic E-state index is 0.107. The quantitative estimate of drug-likeness (QED) is 0.379. The van der Waals surface area contributed by atoms with Crippen molar-refractivity contribution >= 4 is 33.5 Å². The number of H-pyrrole nitrogens is 1. The summed E-state index contributed by atoms with van der Waals surface area (Å²) in [5.41, 5.74) is 5.50. The topological polar surface area (TPSA) is 62.3 Å². The third-order valence-electron chi connectivity index (χ3n) is 4.20. The van der Waals surface area contributed by atoms with Crippen molar-refractivity contribution in [2.75, 3.05) is 5.43 Å². The number of aromatic nitrogens is 2. The summed E-state index contributed by atoms with van der Waals surface area (Å²) in [5, 5.41) is 5.70. The van der Waals surface area contributed by atoms with Crippen LogP contribution in [-0.4, -0.2) is 22.3 Å². The molecule has 0 saturated heterocycles. The monoisotopic (exact) mass is 366 g/mol. The Morgan fingerprint density at radius 2 is 1.85 bits per heavy atom. The Morgan fingerprint density at radius 1 is 1.07 bits per heavy atom. The molecule has 0 aliphatic carbocycles. The standard InChI is InChI=1S/C20H16F2N4O/c1-12(25-26-20-23-16-8-4-5-9-17(16)24-20)14-11-10-13-6-2-3-7-15(13)18(14)27-19(21)22/h2-11,19H,1H3,(H2,23,24,26)/b25-12-. The van der Waals surface area contributed by atoms with Gasteiger partial charge in [0.1, 0.15) is 5.75 Å². The molecule has 0 aliphatic rings. The SMILES string of the molecule is C/C(=N/Nc1nc2ccccc2[nH]1)c1ccc2ccccc2c1OC(F)F. The number of hydrazone groups is 1. The second kappa shape index (κ2) is 7.03. The molecule has 3 aromatic carbocycles. The zero-order valence-corrected chi connectivity index (χ0v) is 14.4. The van der Waals surface area contributed by atoms with Gasteiger partial charge in [-0.2, -0.15) is 13.9 Å². The van der Waals surface area contributed by atoms with E-state index in [-0.39, 0.29) is 5.75 Å². The Balaban J connectivity index is 1.70. The number of fused-ring (bicyclic) bond motifs is 2. The summed E-state index contributed by atoms with van der Waals surface area (Å²) < 4.78 is 30.8. The number of nitrogens with zero attached hydrogens (tertiary/aromatic N) is 2. The van der Waals surface area contributed by atoms with E-state index in [0.717, 1.165) is 16.4 Å². The molecule has 7 heteroatoms. The van der Waals surface area contributed by atoms with Crippen molar-refractivity contribution in [1.29, 1.82) is 0 Å². The largest absolute Gasteiger partial charge is 0.433 e. The molecule has 27 heavy (non-hydrogen) atoms. The molecule has 136 valence electrons. The third-order valence-corrected chi connectivity index (χ3v) is 4.20. The smallest absolute Gasteiger partial charge is 0.387 e. The highest BCUT2D eigenvalue weighted by Gasteiger charge is 2.15. The number of hydrogen-bond acceptors (Lipinski definition) is 4. The Labute approximate surface area is 153 Å².